The smallest absolute Gasteiger partial charge is 0.315 e. The van der Waals surface area contributed by atoms with Crippen molar-refractivity contribution in [2.75, 3.05) is 13.7 Å². The molecule has 134 valence electrons. The summed E-state index contributed by atoms with van der Waals surface area (Å²) < 4.78 is 31.7. The summed E-state index contributed by atoms with van der Waals surface area (Å²) in [4.78, 5) is 11.9. The molecule has 2 aromatic rings. The monoisotopic (exact) mass is 350 g/mol. The van der Waals surface area contributed by atoms with Gasteiger partial charge in [-0.2, -0.15) is 0 Å². The van der Waals surface area contributed by atoms with E-state index in [0.717, 1.165) is 0 Å². The lowest BCUT2D eigenvalue weighted by atomic mass is 10.1. The molecule has 0 aliphatic carbocycles. The number of benzene rings is 2. The lowest BCUT2D eigenvalue weighted by Gasteiger charge is -2.17. The summed E-state index contributed by atoms with van der Waals surface area (Å²) in [6.45, 7) is 1.61. The molecule has 2 rings (SSSR count). The number of hydrogen-bond donors (Lipinski definition) is 3. The molecule has 0 aliphatic heterocycles. The van der Waals surface area contributed by atoms with Gasteiger partial charge in [-0.05, 0) is 42.3 Å². The van der Waals surface area contributed by atoms with Crippen molar-refractivity contribution in [1.29, 1.82) is 0 Å². The maximum absolute atomic E-state index is 13.7. The summed E-state index contributed by atoms with van der Waals surface area (Å²) in [5.74, 6) is -0.856. The SMILES string of the molecule is COc1ccc([C@@H](C)NC(=O)NC[C@H](O)c2cccc(F)c2)cc1F. The van der Waals surface area contributed by atoms with Gasteiger partial charge in [0.2, 0.25) is 0 Å². The van der Waals surface area contributed by atoms with Crippen molar-refractivity contribution < 1.29 is 23.4 Å². The number of urea groups is 1. The molecular formula is C18H20F2N2O3. The normalized spacial score (nSPS) is 13.0. The largest absolute Gasteiger partial charge is 0.494 e. The van der Waals surface area contributed by atoms with Crippen molar-refractivity contribution in [2.24, 2.45) is 0 Å². The minimum Gasteiger partial charge on any atom is -0.494 e. The molecule has 7 heteroatoms. The predicted molar refractivity (Wildman–Crippen MR) is 89.3 cm³/mol. The number of aliphatic hydroxyl groups is 1. The second-order valence-corrected chi connectivity index (χ2v) is 5.54. The summed E-state index contributed by atoms with van der Waals surface area (Å²) in [6, 6.07) is 8.95. The van der Waals surface area contributed by atoms with E-state index in [2.05, 4.69) is 10.6 Å². The first-order chi connectivity index (χ1) is 11.9. The zero-order valence-electron chi connectivity index (χ0n) is 13.9. The first kappa shape index (κ1) is 18.7. The number of ether oxygens (including phenoxy) is 1. The van der Waals surface area contributed by atoms with Crippen LogP contribution in [0.25, 0.3) is 0 Å². The minimum absolute atomic E-state index is 0.0843. The van der Waals surface area contributed by atoms with Crippen LogP contribution < -0.4 is 15.4 Å². The minimum atomic E-state index is -1.03. The summed E-state index contributed by atoms with van der Waals surface area (Å²) in [6.07, 6.45) is -1.03. The van der Waals surface area contributed by atoms with Crippen LogP contribution in [0.3, 0.4) is 0 Å². The lowest BCUT2D eigenvalue weighted by Crippen LogP contribution is -2.39. The van der Waals surface area contributed by atoms with Gasteiger partial charge in [0, 0.05) is 6.54 Å². The number of carbonyl (C=O) groups excluding carboxylic acids is 1. The third-order valence-corrected chi connectivity index (χ3v) is 3.71. The van der Waals surface area contributed by atoms with E-state index in [1.165, 1.54) is 37.4 Å². The molecule has 0 aliphatic rings. The number of carbonyl (C=O) groups is 1. The summed E-state index contributed by atoms with van der Waals surface area (Å²) in [7, 11) is 1.37. The van der Waals surface area contributed by atoms with E-state index < -0.39 is 29.8 Å². The Labute approximate surface area is 144 Å². The molecule has 2 amide bonds. The topological polar surface area (TPSA) is 70.6 Å². The molecule has 0 spiro atoms. The summed E-state index contributed by atoms with van der Waals surface area (Å²) >= 11 is 0. The molecule has 5 nitrogen and oxygen atoms in total. The van der Waals surface area contributed by atoms with Crippen molar-refractivity contribution in [1.82, 2.24) is 10.6 Å². The van der Waals surface area contributed by atoms with Crippen molar-refractivity contribution in [3.8, 4) is 5.75 Å². The average Bonchev–Trinajstić information content (AvgIpc) is 2.59. The van der Waals surface area contributed by atoms with Crippen molar-refractivity contribution in [3.63, 3.8) is 0 Å². The molecule has 0 unspecified atom stereocenters. The van der Waals surface area contributed by atoms with Crippen molar-refractivity contribution in [3.05, 3.63) is 65.2 Å². The Morgan fingerprint density at radius 3 is 2.60 bits per heavy atom. The molecule has 2 atom stereocenters. The van der Waals surface area contributed by atoms with E-state index in [4.69, 9.17) is 4.74 Å². The highest BCUT2D eigenvalue weighted by molar-refractivity contribution is 5.74. The van der Waals surface area contributed by atoms with Gasteiger partial charge in [-0.25, -0.2) is 13.6 Å². The highest BCUT2D eigenvalue weighted by Gasteiger charge is 2.14. The molecule has 2 aromatic carbocycles. The van der Waals surface area contributed by atoms with E-state index in [-0.39, 0.29) is 12.3 Å². The number of halogens is 2. The molecule has 25 heavy (non-hydrogen) atoms. The molecular weight excluding hydrogens is 330 g/mol. The molecule has 0 saturated heterocycles. The van der Waals surface area contributed by atoms with E-state index >= 15 is 0 Å². The Morgan fingerprint density at radius 1 is 1.20 bits per heavy atom. The van der Waals surface area contributed by atoms with Crippen LogP contribution in [0, 0.1) is 11.6 Å². The Bertz CT molecular complexity index is 740. The molecule has 0 aromatic heterocycles. The van der Waals surface area contributed by atoms with Gasteiger partial charge in [-0.15, -0.1) is 0 Å². The van der Waals surface area contributed by atoms with E-state index in [0.29, 0.717) is 11.1 Å². The van der Waals surface area contributed by atoms with Crippen LogP contribution in [-0.4, -0.2) is 24.8 Å². The maximum atomic E-state index is 13.7. The predicted octanol–water partition coefficient (Wildman–Crippen LogP) is 3.07. The van der Waals surface area contributed by atoms with Crippen LogP contribution in [0.2, 0.25) is 0 Å². The van der Waals surface area contributed by atoms with Crippen LogP contribution in [0.4, 0.5) is 13.6 Å². The van der Waals surface area contributed by atoms with Gasteiger partial charge in [-0.1, -0.05) is 18.2 Å². The van der Waals surface area contributed by atoms with Gasteiger partial charge < -0.3 is 20.5 Å². The Hall–Kier alpha value is -2.67. The lowest BCUT2D eigenvalue weighted by molar-refractivity contribution is 0.172. The van der Waals surface area contributed by atoms with Gasteiger partial charge in [-0.3, -0.25) is 0 Å². The Kier molecular flexibility index (Phi) is 6.30. The number of amides is 2. The molecule has 0 bridgehead atoms. The zero-order valence-corrected chi connectivity index (χ0v) is 13.9. The van der Waals surface area contributed by atoms with E-state index in [1.54, 1.807) is 19.1 Å². The fraction of sp³-hybridized carbons (Fsp3) is 0.278. The van der Waals surface area contributed by atoms with Crippen LogP contribution >= 0.6 is 0 Å². The highest BCUT2D eigenvalue weighted by atomic mass is 19.1. The number of methoxy groups -OCH3 is 1. The molecule has 0 fully saturated rings. The third kappa shape index (κ3) is 5.15. The van der Waals surface area contributed by atoms with Gasteiger partial charge in [0.15, 0.2) is 11.6 Å². The molecule has 0 heterocycles. The van der Waals surface area contributed by atoms with Crippen molar-refractivity contribution in [2.45, 2.75) is 19.1 Å². The zero-order chi connectivity index (χ0) is 18.4. The highest BCUT2D eigenvalue weighted by Crippen LogP contribution is 2.21. The fourth-order valence-corrected chi connectivity index (χ4v) is 2.30. The average molecular weight is 350 g/mol. The quantitative estimate of drug-likeness (QED) is 0.750. The maximum Gasteiger partial charge on any atom is 0.315 e. The van der Waals surface area contributed by atoms with Gasteiger partial charge in [0.1, 0.15) is 5.82 Å². The van der Waals surface area contributed by atoms with E-state index in [9.17, 15) is 18.7 Å². The van der Waals surface area contributed by atoms with Crippen LogP contribution in [0.15, 0.2) is 42.5 Å². The molecule has 3 N–H and O–H groups in total. The Morgan fingerprint density at radius 2 is 1.96 bits per heavy atom. The standard InChI is InChI=1S/C18H20F2N2O3/c1-11(12-6-7-17(25-2)15(20)9-12)22-18(24)21-10-16(23)13-4-3-5-14(19)8-13/h3-9,11,16,23H,10H2,1-2H3,(H2,21,22,24)/t11-,16+/m1/s1. The van der Waals surface area contributed by atoms with E-state index in [1.807, 2.05) is 0 Å². The molecule has 0 saturated carbocycles. The van der Waals surface area contributed by atoms with Crippen molar-refractivity contribution >= 4 is 6.03 Å². The van der Waals surface area contributed by atoms with Crippen LogP contribution in [-0.2, 0) is 0 Å². The number of aliphatic hydroxyl groups excluding tert-OH is 1. The second kappa shape index (κ2) is 8.43. The number of hydrogen-bond acceptors (Lipinski definition) is 3. The number of rotatable bonds is 6. The first-order valence-corrected chi connectivity index (χ1v) is 7.72. The second-order valence-electron chi connectivity index (χ2n) is 5.54. The fourth-order valence-electron chi connectivity index (χ4n) is 2.30. The van der Waals surface area contributed by atoms with Gasteiger partial charge >= 0.3 is 6.03 Å². The van der Waals surface area contributed by atoms with Crippen LogP contribution in [0.1, 0.15) is 30.2 Å². The van der Waals surface area contributed by atoms with Crippen LogP contribution in [0.5, 0.6) is 5.75 Å². The molecule has 0 radical (unpaired) electrons. The van der Waals surface area contributed by atoms with Gasteiger partial charge in [0.25, 0.3) is 0 Å². The summed E-state index contributed by atoms with van der Waals surface area (Å²) in [5.41, 5.74) is 0.935. The third-order valence-electron chi connectivity index (χ3n) is 3.71. The first-order valence-electron chi connectivity index (χ1n) is 7.72. The van der Waals surface area contributed by atoms with Gasteiger partial charge in [0.05, 0.1) is 19.3 Å². The number of nitrogens with one attached hydrogen (secondary N) is 2. The Balaban J connectivity index is 1.88. The summed E-state index contributed by atoms with van der Waals surface area (Å²) in [5, 5.41) is 15.1.